The van der Waals surface area contributed by atoms with Crippen molar-refractivity contribution in [2.45, 2.75) is 44.4 Å². The van der Waals surface area contributed by atoms with E-state index in [0.29, 0.717) is 12.2 Å². The Morgan fingerprint density at radius 3 is 3.12 bits per heavy atom. The van der Waals surface area contributed by atoms with Crippen LogP contribution in [-0.2, 0) is 18.3 Å². The fourth-order valence-corrected chi connectivity index (χ4v) is 4.03. The average molecular weight is 359 g/mol. The number of aromatic nitrogens is 3. The normalized spacial score (nSPS) is 26.5. The molecule has 2 saturated heterocycles. The third-order valence-electron chi connectivity index (χ3n) is 5.25. The minimum Gasteiger partial charge on any atom is -0.373 e. The molecule has 0 bridgehead atoms. The van der Waals surface area contributed by atoms with Gasteiger partial charge in [-0.3, -0.25) is 14.4 Å². The first kappa shape index (κ1) is 17.2. The average Bonchev–Trinajstić information content (AvgIpc) is 3.30. The van der Waals surface area contributed by atoms with E-state index in [1.54, 1.807) is 17.1 Å². The van der Waals surface area contributed by atoms with E-state index in [9.17, 15) is 4.79 Å². The van der Waals surface area contributed by atoms with Crippen LogP contribution in [0.25, 0.3) is 0 Å². The summed E-state index contributed by atoms with van der Waals surface area (Å²) in [5.41, 5.74) is 1.38. The molecule has 1 N–H and O–H groups in total. The summed E-state index contributed by atoms with van der Waals surface area (Å²) < 4.78 is 13.0. The number of rotatable bonds is 4. The van der Waals surface area contributed by atoms with Crippen LogP contribution in [0.5, 0.6) is 0 Å². The number of hydrogen-bond acceptors (Lipinski definition) is 6. The second-order valence-electron chi connectivity index (χ2n) is 7.49. The van der Waals surface area contributed by atoms with Crippen LogP contribution in [0, 0.1) is 6.92 Å². The number of nitrogens with one attached hydrogen (secondary N) is 1. The van der Waals surface area contributed by atoms with Gasteiger partial charge in [-0.05, 0) is 26.2 Å². The molecule has 1 amide bonds. The quantitative estimate of drug-likeness (QED) is 0.885. The number of aryl methyl sites for hydroxylation is 2. The number of carbonyl (C=O) groups excluding carboxylic acids is 1. The van der Waals surface area contributed by atoms with Gasteiger partial charge in [0.15, 0.2) is 0 Å². The number of ether oxygens (including phenoxy) is 1. The maximum Gasteiger partial charge on any atom is 0.254 e. The molecule has 0 saturated carbocycles. The molecular formula is C18H25N5O3. The van der Waals surface area contributed by atoms with Crippen molar-refractivity contribution < 1.29 is 14.1 Å². The van der Waals surface area contributed by atoms with Crippen molar-refractivity contribution in [1.29, 1.82) is 0 Å². The Morgan fingerprint density at radius 2 is 2.38 bits per heavy atom. The molecule has 26 heavy (non-hydrogen) atoms. The standard InChI is InChI=1S/C18H25N5O3/c1-13-7-16(21-26-13)11-23-5-4-18(12-23)8-15(3-6-25-18)20-17(24)14-9-19-22(2)10-14/h7,9-10,15H,3-6,8,11-12H2,1-2H3,(H,20,24)/t15-,18+/m0/s1. The zero-order chi connectivity index (χ0) is 18.1. The zero-order valence-corrected chi connectivity index (χ0v) is 15.3. The summed E-state index contributed by atoms with van der Waals surface area (Å²) in [5, 5.41) is 11.3. The van der Waals surface area contributed by atoms with Gasteiger partial charge in [0, 0.05) is 51.6 Å². The molecule has 2 aromatic rings. The van der Waals surface area contributed by atoms with Crippen molar-refractivity contribution in [1.82, 2.24) is 25.2 Å². The Kier molecular flexibility index (Phi) is 4.54. The van der Waals surface area contributed by atoms with Crippen molar-refractivity contribution in [3.8, 4) is 0 Å². The zero-order valence-electron chi connectivity index (χ0n) is 15.3. The van der Waals surface area contributed by atoms with Gasteiger partial charge in [0.05, 0.1) is 23.1 Å². The van der Waals surface area contributed by atoms with Crippen LogP contribution < -0.4 is 5.32 Å². The summed E-state index contributed by atoms with van der Waals surface area (Å²) in [5.74, 6) is 0.772. The van der Waals surface area contributed by atoms with Gasteiger partial charge in [0.1, 0.15) is 5.76 Å². The van der Waals surface area contributed by atoms with Crippen molar-refractivity contribution in [3.05, 3.63) is 35.5 Å². The Hall–Kier alpha value is -2.19. The summed E-state index contributed by atoms with van der Waals surface area (Å²) in [6, 6.07) is 2.11. The summed E-state index contributed by atoms with van der Waals surface area (Å²) in [7, 11) is 1.81. The van der Waals surface area contributed by atoms with E-state index in [2.05, 4.69) is 20.5 Å². The van der Waals surface area contributed by atoms with Crippen molar-refractivity contribution in [3.63, 3.8) is 0 Å². The lowest BCUT2D eigenvalue weighted by atomic mass is 9.89. The van der Waals surface area contributed by atoms with Crippen LogP contribution in [0.15, 0.2) is 23.0 Å². The highest BCUT2D eigenvalue weighted by Gasteiger charge is 2.43. The summed E-state index contributed by atoms with van der Waals surface area (Å²) >= 11 is 0. The first-order valence-corrected chi connectivity index (χ1v) is 9.09. The van der Waals surface area contributed by atoms with Crippen molar-refractivity contribution in [2.24, 2.45) is 7.05 Å². The van der Waals surface area contributed by atoms with Crippen LogP contribution in [0.2, 0.25) is 0 Å². The van der Waals surface area contributed by atoms with Gasteiger partial charge in [-0.2, -0.15) is 5.10 Å². The largest absolute Gasteiger partial charge is 0.373 e. The molecule has 2 aromatic heterocycles. The van der Waals surface area contributed by atoms with Gasteiger partial charge in [-0.15, -0.1) is 0 Å². The van der Waals surface area contributed by atoms with E-state index < -0.39 is 0 Å². The van der Waals surface area contributed by atoms with Gasteiger partial charge in [0.25, 0.3) is 5.91 Å². The van der Waals surface area contributed by atoms with E-state index in [-0.39, 0.29) is 17.6 Å². The molecule has 0 radical (unpaired) electrons. The Labute approximate surface area is 152 Å². The Bertz CT molecular complexity index is 785. The van der Waals surface area contributed by atoms with Gasteiger partial charge in [-0.25, -0.2) is 0 Å². The molecule has 0 aromatic carbocycles. The van der Waals surface area contributed by atoms with E-state index in [1.165, 1.54) is 0 Å². The number of carbonyl (C=O) groups is 1. The first-order valence-electron chi connectivity index (χ1n) is 9.09. The van der Waals surface area contributed by atoms with Gasteiger partial charge < -0.3 is 14.6 Å². The van der Waals surface area contributed by atoms with Crippen molar-refractivity contribution >= 4 is 5.91 Å². The predicted molar refractivity (Wildman–Crippen MR) is 93.5 cm³/mol. The van der Waals surface area contributed by atoms with Crippen LogP contribution in [0.3, 0.4) is 0 Å². The summed E-state index contributed by atoms with van der Waals surface area (Å²) in [6.45, 7) is 5.18. The lowest BCUT2D eigenvalue weighted by molar-refractivity contribution is -0.0793. The fraction of sp³-hybridized carbons (Fsp3) is 0.611. The smallest absolute Gasteiger partial charge is 0.254 e. The molecule has 2 aliphatic rings. The monoisotopic (exact) mass is 359 g/mol. The molecule has 0 unspecified atom stereocenters. The molecule has 2 atom stereocenters. The third-order valence-corrected chi connectivity index (χ3v) is 5.25. The molecule has 8 nitrogen and oxygen atoms in total. The highest BCUT2D eigenvalue weighted by molar-refractivity contribution is 5.93. The van der Waals surface area contributed by atoms with Crippen LogP contribution in [-0.4, -0.2) is 57.1 Å². The number of amides is 1. The second kappa shape index (κ2) is 6.85. The molecule has 4 heterocycles. The van der Waals surface area contributed by atoms with E-state index >= 15 is 0 Å². The SMILES string of the molecule is Cc1cc(CN2CC[C@@]3(C[C@@H](NC(=O)c4cnn(C)c4)CCO3)C2)no1. The molecule has 8 heteroatoms. The predicted octanol–water partition coefficient (Wildman–Crippen LogP) is 1.27. The molecular weight excluding hydrogens is 334 g/mol. The molecule has 1 spiro atoms. The van der Waals surface area contributed by atoms with E-state index in [1.807, 2.05) is 20.0 Å². The van der Waals surface area contributed by atoms with Crippen LogP contribution in [0.1, 0.15) is 41.1 Å². The molecule has 4 rings (SSSR count). The minimum absolute atomic E-state index is 0.0620. The fourth-order valence-electron chi connectivity index (χ4n) is 4.03. The second-order valence-corrected chi connectivity index (χ2v) is 7.49. The Balaban J connectivity index is 1.35. The minimum atomic E-state index is -0.177. The van der Waals surface area contributed by atoms with Crippen LogP contribution in [0.4, 0.5) is 0 Å². The topological polar surface area (TPSA) is 85.4 Å². The van der Waals surface area contributed by atoms with E-state index in [0.717, 1.165) is 50.4 Å². The summed E-state index contributed by atoms with van der Waals surface area (Å²) in [6.07, 6.45) is 6.00. The van der Waals surface area contributed by atoms with Gasteiger partial charge in [0.2, 0.25) is 0 Å². The highest BCUT2D eigenvalue weighted by atomic mass is 16.5. The number of likely N-dealkylation sites (tertiary alicyclic amines) is 1. The molecule has 140 valence electrons. The first-order chi connectivity index (χ1) is 12.5. The number of nitrogens with zero attached hydrogens (tertiary/aromatic N) is 4. The van der Waals surface area contributed by atoms with E-state index in [4.69, 9.17) is 9.26 Å². The Morgan fingerprint density at radius 1 is 1.50 bits per heavy atom. The van der Waals surface area contributed by atoms with Gasteiger partial charge in [-0.1, -0.05) is 5.16 Å². The maximum absolute atomic E-state index is 12.4. The molecule has 2 fully saturated rings. The summed E-state index contributed by atoms with van der Waals surface area (Å²) in [4.78, 5) is 14.8. The lowest BCUT2D eigenvalue weighted by Gasteiger charge is -2.38. The van der Waals surface area contributed by atoms with Gasteiger partial charge >= 0.3 is 0 Å². The lowest BCUT2D eigenvalue weighted by Crippen LogP contribution is -2.49. The number of hydrogen-bond donors (Lipinski definition) is 1. The van der Waals surface area contributed by atoms with Crippen LogP contribution >= 0.6 is 0 Å². The highest BCUT2D eigenvalue weighted by Crippen LogP contribution is 2.35. The van der Waals surface area contributed by atoms with Crippen molar-refractivity contribution in [2.75, 3.05) is 19.7 Å². The maximum atomic E-state index is 12.4. The molecule has 0 aliphatic carbocycles. The molecule has 2 aliphatic heterocycles. The third kappa shape index (κ3) is 3.66.